The van der Waals surface area contributed by atoms with Gasteiger partial charge in [-0.15, -0.1) is 0 Å². The van der Waals surface area contributed by atoms with E-state index < -0.39 is 16.9 Å². The van der Waals surface area contributed by atoms with Crippen LogP contribution in [0.15, 0.2) is 0 Å². The van der Waals surface area contributed by atoms with Gasteiger partial charge in [0, 0.05) is 0 Å². The normalized spacial score (nSPS) is 16.7. The first-order valence-electron chi connectivity index (χ1n) is 4.78. The van der Waals surface area contributed by atoms with Gasteiger partial charge in [0.25, 0.3) is 0 Å². The van der Waals surface area contributed by atoms with E-state index in [0.29, 0.717) is 6.42 Å². The molecule has 0 aliphatic heterocycles. The molecule has 0 aromatic heterocycles. The van der Waals surface area contributed by atoms with E-state index in [2.05, 4.69) is 0 Å². The molecule has 0 fully saturated rings. The van der Waals surface area contributed by atoms with E-state index in [4.69, 9.17) is 10.8 Å². The number of carbonyl (C=O) groups is 1. The van der Waals surface area contributed by atoms with Crippen molar-refractivity contribution in [1.29, 1.82) is 0 Å². The van der Waals surface area contributed by atoms with Gasteiger partial charge in [-0.05, 0) is 11.8 Å². The van der Waals surface area contributed by atoms with Crippen molar-refractivity contribution in [3.8, 4) is 0 Å². The Kier molecular flexibility index (Phi) is 3.91. The van der Waals surface area contributed by atoms with E-state index in [1.165, 1.54) is 0 Å². The second-order valence-corrected chi connectivity index (χ2v) is 4.63. The van der Waals surface area contributed by atoms with Crippen molar-refractivity contribution in [2.24, 2.45) is 11.1 Å². The molecule has 0 unspecified atom stereocenters. The molecule has 0 saturated carbocycles. The van der Waals surface area contributed by atoms with Gasteiger partial charge in [0.1, 0.15) is 5.54 Å². The Bertz CT molecular complexity index is 184. The van der Waals surface area contributed by atoms with Crippen LogP contribution in [0.25, 0.3) is 0 Å². The van der Waals surface area contributed by atoms with Crippen LogP contribution in [0.1, 0.15) is 47.0 Å². The predicted molar refractivity (Wildman–Crippen MR) is 53.5 cm³/mol. The summed E-state index contributed by atoms with van der Waals surface area (Å²) in [7, 11) is 0. The largest absolute Gasteiger partial charge is 0.480 e. The maximum absolute atomic E-state index is 11.0. The molecule has 0 aliphatic rings. The summed E-state index contributed by atoms with van der Waals surface area (Å²) in [5.41, 5.74) is 4.42. The first-order valence-corrected chi connectivity index (χ1v) is 4.78. The number of rotatable bonds is 4. The van der Waals surface area contributed by atoms with E-state index in [1.807, 2.05) is 27.7 Å². The van der Waals surface area contributed by atoms with Gasteiger partial charge in [-0.3, -0.25) is 4.79 Å². The minimum atomic E-state index is -1.09. The number of hydrogen-bond acceptors (Lipinski definition) is 2. The van der Waals surface area contributed by atoms with E-state index in [9.17, 15) is 4.79 Å². The molecule has 3 N–H and O–H groups in total. The Morgan fingerprint density at radius 3 is 2.08 bits per heavy atom. The highest BCUT2D eigenvalue weighted by molar-refractivity contribution is 5.79. The van der Waals surface area contributed by atoms with E-state index in [0.717, 1.165) is 12.8 Å². The van der Waals surface area contributed by atoms with Crippen LogP contribution in [-0.4, -0.2) is 16.6 Å². The summed E-state index contributed by atoms with van der Waals surface area (Å²) in [5, 5.41) is 9.07. The predicted octanol–water partition coefficient (Wildman–Crippen LogP) is 2.00. The third-order valence-corrected chi connectivity index (χ3v) is 2.64. The lowest BCUT2D eigenvalue weighted by Gasteiger charge is -2.37. The lowest BCUT2D eigenvalue weighted by molar-refractivity contribution is -0.148. The maximum atomic E-state index is 11.0. The quantitative estimate of drug-likeness (QED) is 0.707. The number of carboxylic acids is 1. The monoisotopic (exact) mass is 187 g/mol. The van der Waals surface area contributed by atoms with Crippen molar-refractivity contribution in [3.05, 3.63) is 0 Å². The Hall–Kier alpha value is -0.570. The second-order valence-electron chi connectivity index (χ2n) is 4.63. The fraction of sp³-hybridized carbons (Fsp3) is 0.900. The van der Waals surface area contributed by atoms with Crippen molar-refractivity contribution in [1.82, 2.24) is 0 Å². The molecular formula is C10H21NO2. The van der Waals surface area contributed by atoms with Crippen LogP contribution < -0.4 is 5.73 Å². The highest BCUT2D eigenvalue weighted by Gasteiger charge is 2.44. The van der Waals surface area contributed by atoms with Crippen molar-refractivity contribution in [3.63, 3.8) is 0 Å². The molecule has 0 aromatic rings. The van der Waals surface area contributed by atoms with Crippen molar-refractivity contribution in [2.75, 3.05) is 0 Å². The fourth-order valence-electron chi connectivity index (χ4n) is 1.26. The third-order valence-electron chi connectivity index (χ3n) is 2.64. The smallest absolute Gasteiger partial charge is 0.324 e. The molecule has 0 radical (unpaired) electrons. The van der Waals surface area contributed by atoms with Gasteiger partial charge < -0.3 is 10.8 Å². The SMILES string of the molecule is CCCC[C@@](N)(C(=O)O)C(C)(C)C. The Morgan fingerprint density at radius 2 is 1.85 bits per heavy atom. The van der Waals surface area contributed by atoms with Crippen molar-refractivity contribution >= 4 is 5.97 Å². The fourth-order valence-corrected chi connectivity index (χ4v) is 1.26. The molecule has 0 amide bonds. The van der Waals surface area contributed by atoms with Crippen molar-refractivity contribution < 1.29 is 9.90 Å². The van der Waals surface area contributed by atoms with E-state index in [1.54, 1.807) is 0 Å². The summed E-state index contributed by atoms with van der Waals surface area (Å²) in [5.74, 6) is -0.895. The summed E-state index contributed by atoms with van der Waals surface area (Å²) in [6, 6.07) is 0. The summed E-state index contributed by atoms with van der Waals surface area (Å²) in [6.07, 6.45) is 2.38. The van der Waals surface area contributed by atoms with Gasteiger partial charge in [0.05, 0.1) is 0 Å². The van der Waals surface area contributed by atoms with Gasteiger partial charge in [-0.25, -0.2) is 0 Å². The molecule has 0 heterocycles. The summed E-state index contributed by atoms with van der Waals surface area (Å²) < 4.78 is 0. The molecule has 0 spiro atoms. The maximum Gasteiger partial charge on any atom is 0.324 e. The summed E-state index contributed by atoms with van der Waals surface area (Å²) >= 11 is 0. The average Bonchev–Trinajstić information content (AvgIpc) is 1.97. The van der Waals surface area contributed by atoms with Crippen LogP contribution in [-0.2, 0) is 4.79 Å². The van der Waals surface area contributed by atoms with Crippen LogP contribution in [0, 0.1) is 5.41 Å². The first-order chi connectivity index (χ1) is 5.75. The number of carboxylic acid groups (broad SMARTS) is 1. The Balaban J connectivity index is 4.64. The van der Waals surface area contributed by atoms with Crippen molar-refractivity contribution in [2.45, 2.75) is 52.5 Å². The van der Waals surface area contributed by atoms with Gasteiger partial charge >= 0.3 is 5.97 Å². The molecule has 0 bridgehead atoms. The molecule has 1 atom stereocenters. The van der Waals surface area contributed by atoms with Crippen LogP contribution in [0.2, 0.25) is 0 Å². The number of unbranched alkanes of at least 4 members (excludes halogenated alkanes) is 1. The highest BCUT2D eigenvalue weighted by Crippen LogP contribution is 2.32. The molecule has 3 heteroatoms. The molecule has 3 nitrogen and oxygen atoms in total. The molecule has 0 saturated heterocycles. The topological polar surface area (TPSA) is 63.3 Å². The third kappa shape index (κ3) is 2.69. The molecule has 0 rings (SSSR count). The van der Waals surface area contributed by atoms with Gasteiger partial charge in [-0.1, -0.05) is 40.5 Å². The number of nitrogens with two attached hydrogens (primary N) is 1. The number of hydrogen-bond donors (Lipinski definition) is 2. The standard InChI is InChI=1S/C10H21NO2/c1-5-6-7-10(11,8(12)13)9(2,3)4/h5-7,11H2,1-4H3,(H,12,13)/t10-/m1/s1. The van der Waals surface area contributed by atoms with Crippen LogP contribution >= 0.6 is 0 Å². The Morgan fingerprint density at radius 1 is 1.38 bits per heavy atom. The molecule has 0 aliphatic carbocycles. The average molecular weight is 187 g/mol. The molecule has 78 valence electrons. The number of aliphatic carboxylic acids is 1. The lowest BCUT2D eigenvalue weighted by atomic mass is 9.71. The minimum Gasteiger partial charge on any atom is -0.480 e. The van der Waals surface area contributed by atoms with Crippen LogP contribution in [0.4, 0.5) is 0 Å². The van der Waals surface area contributed by atoms with E-state index in [-0.39, 0.29) is 0 Å². The molecular weight excluding hydrogens is 166 g/mol. The molecule has 13 heavy (non-hydrogen) atoms. The zero-order valence-corrected chi connectivity index (χ0v) is 9.05. The van der Waals surface area contributed by atoms with Crippen LogP contribution in [0.3, 0.4) is 0 Å². The van der Waals surface area contributed by atoms with E-state index >= 15 is 0 Å². The molecule has 0 aromatic carbocycles. The zero-order valence-electron chi connectivity index (χ0n) is 9.05. The zero-order chi connectivity index (χ0) is 10.7. The summed E-state index contributed by atoms with van der Waals surface area (Å²) in [6.45, 7) is 7.65. The Labute approximate surface area is 80.3 Å². The first kappa shape index (κ1) is 12.4. The lowest BCUT2D eigenvalue weighted by Crippen LogP contribution is -2.57. The van der Waals surface area contributed by atoms with Gasteiger partial charge in [0.2, 0.25) is 0 Å². The highest BCUT2D eigenvalue weighted by atomic mass is 16.4. The van der Waals surface area contributed by atoms with Gasteiger partial charge in [0.15, 0.2) is 0 Å². The van der Waals surface area contributed by atoms with Crippen LogP contribution in [0.5, 0.6) is 0 Å². The second kappa shape index (κ2) is 4.09. The van der Waals surface area contributed by atoms with Gasteiger partial charge in [-0.2, -0.15) is 0 Å². The minimum absolute atomic E-state index is 0.395. The summed E-state index contributed by atoms with van der Waals surface area (Å²) in [4.78, 5) is 11.0.